The number of amides is 2. The van der Waals surface area contributed by atoms with Crippen LogP contribution in [0.5, 0.6) is 0 Å². The molecule has 0 saturated carbocycles. The molecule has 2 aliphatic heterocycles. The molecule has 0 radical (unpaired) electrons. The number of nitrogens with one attached hydrogen (secondary N) is 1. The van der Waals surface area contributed by atoms with Crippen LogP contribution in [0, 0.1) is 5.41 Å². The number of carbonyl (C=O) groups excluding carboxylic acids is 1. The third-order valence-corrected chi connectivity index (χ3v) is 4.70. The van der Waals surface area contributed by atoms with E-state index >= 15 is 0 Å². The van der Waals surface area contributed by atoms with Crippen LogP contribution in [-0.2, 0) is 4.79 Å². The quantitative estimate of drug-likeness (QED) is 0.807. The zero-order valence-electron chi connectivity index (χ0n) is 13.5. The molecular formula is C15H27N3O3. The predicted molar refractivity (Wildman–Crippen MR) is 80.2 cm³/mol. The average Bonchev–Trinajstić information content (AvgIpc) is 2.33. The van der Waals surface area contributed by atoms with Gasteiger partial charge in [-0.15, -0.1) is 0 Å². The Hall–Kier alpha value is -1.30. The van der Waals surface area contributed by atoms with Gasteiger partial charge in [-0.3, -0.25) is 9.69 Å². The van der Waals surface area contributed by atoms with Gasteiger partial charge in [-0.25, -0.2) is 4.79 Å². The van der Waals surface area contributed by atoms with Crippen LogP contribution >= 0.6 is 0 Å². The van der Waals surface area contributed by atoms with Crippen LogP contribution in [0.4, 0.5) is 4.79 Å². The minimum Gasteiger partial charge on any atom is -0.465 e. The van der Waals surface area contributed by atoms with Crippen molar-refractivity contribution in [3.05, 3.63) is 0 Å². The van der Waals surface area contributed by atoms with Crippen LogP contribution in [0.25, 0.3) is 0 Å². The Morgan fingerprint density at radius 2 is 1.76 bits per heavy atom. The maximum absolute atomic E-state index is 12.5. The molecular weight excluding hydrogens is 270 g/mol. The summed E-state index contributed by atoms with van der Waals surface area (Å²) in [5, 5.41) is 12.7. The number of carbonyl (C=O) groups is 2. The summed E-state index contributed by atoms with van der Waals surface area (Å²) in [6.45, 7) is 10.7. The van der Waals surface area contributed by atoms with Gasteiger partial charge in [0.25, 0.3) is 0 Å². The Morgan fingerprint density at radius 1 is 1.24 bits per heavy atom. The molecule has 0 aromatic rings. The highest BCUT2D eigenvalue weighted by Gasteiger charge is 2.47. The monoisotopic (exact) mass is 297 g/mol. The van der Waals surface area contributed by atoms with E-state index in [0.717, 1.165) is 39.0 Å². The average molecular weight is 297 g/mol. The van der Waals surface area contributed by atoms with Crippen LogP contribution in [0.15, 0.2) is 0 Å². The van der Waals surface area contributed by atoms with Gasteiger partial charge in [0.15, 0.2) is 0 Å². The molecule has 0 aromatic heterocycles. The summed E-state index contributed by atoms with van der Waals surface area (Å²) in [5.74, 6) is -0.0727. The lowest BCUT2D eigenvalue weighted by Crippen LogP contribution is -2.65. The normalized spacial score (nSPS) is 22.6. The summed E-state index contributed by atoms with van der Waals surface area (Å²) in [6.07, 6.45) is 1.17. The molecule has 0 aliphatic carbocycles. The molecule has 6 heteroatoms. The molecule has 2 fully saturated rings. The Kier molecular flexibility index (Phi) is 4.19. The van der Waals surface area contributed by atoms with Crippen LogP contribution in [0.2, 0.25) is 0 Å². The van der Waals surface area contributed by atoms with Crippen molar-refractivity contribution in [3.8, 4) is 0 Å². The van der Waals surface area contributed by atoms with E-state index in [4.69, 9.17) is 0 Å². The van der Waals surface area contributed by atoms with E-state index in [1.54, 1.807) is 6.92 Å². The van der Waals surface area contributed by atoms with E-state index in [0.29, 0.717) is 0 Å². The molecule has 0 bridgehead atoms. The zero-order valence-corrected chi connectivity index (χ0v) is 13.5. The largest absolute Gasteiger partial charge is 0.465 e. The van der Waals surface area contributed by atoms with Crippen molar-refractivity contribution >= 4 is 12.0 Å². The van der Waals surface area contributed by atoms with E-state index in [1.165, 1.54) is 4.90 Å². The van der Waals surface area contributed by atoms with Gasteiger partial charge in [-0.2, -0.15) is 0 Å². The number of carboxylic acid groups (broad SMARTS) is 1. The van der Waals surface area contributed by atoms with Crippen molar-refractivity contribution in [2.45, 2.75) is 52.1 Å². The van der Waals surface area contributed by atoms with Gasteiger partial charge in [-0.1, -0.05) is 0 Å². The van der Waals surface area contributed by atoms with Gasteiger partial charge in [-0.05, 0) is 53.6 Å². The topological polar surface area (TPSA) is 72.9 Å². The second kappa shape index (κ2) is 5.48. The Bertz CT molecular complexity index is 416. The van der Waals surface area contributed by atoms with Crippen molar-refractivity contribution in [3.63, 3.8) is 0 Å². The number of likely N-dealkylation sites (tertiary alicyclic amines) is 1. The smallest absolute Gasteiger partial charge is 0.408 e. The SMILES string of the molecule is C[C@H](C(=O)N1CC2(CCNCC2)C1)N(C(=O)O)C(C)(C)C. The summed E-state index contributed by atoms with van der Waals surface area (Å²) >= 11 is 0. The number of rotatable bonds is 2. The molecule has 1 spiro atoms. The highest BCUT2D eigenvalue weighted by atomic mass is 16.4. The van der Waals surface area contributed by atoms with Gasteiger partial charge in [0.2, 0.25) is 5.91 Å². The van der Waals surface area contributed by atoms with Crippen molar-refractivity contribution in [1.29, 1.82) is 0 Å². The van der Waals surface area contributed by atoms with Gasteiger partial charge in [0, 0.05) is 24.0 Å². The van der Waals surface area contributed by atoms with Gasteiger partial charge in [0.05, 0.1) is 0 Å². The molecule has 2 aliphatic rings. The summed E-state index contributed by atoms with van der Waals surface area (Å²) in [4.78, 5) is 27.1. The van der Waals surface area contributed by atoms with Crippen molar-refractivity contribution in [2.75, 3.05) is 26.2 Å². The fraction of sp³-hybridized carbons (Fsp3) is 0.867. The molecule has 21 heavy (non-hydrogen) atoms. The number of nitrogens with zero attached hydrogens (tertiary/aromatic N) is 2. The molecule has 1 atom stereocenters. The molecule has 2 rings (SSSR count). The van der Waals surface area contributed by atoms with Gasteiger partial charge in [0.1, 0.15) is 6.04 Å². The first-order valence-corrected chi connectivity index (χ1v) is 7.68. The Labute approximate surface area is 126 Å². The molecule has 2 N–H and O–H groups in total. The minimum atomic E-state index is -1.04. The maximum Gasteiger partial charge on any atom is 0.408 e. The zero-order chi connectivity index (χ0) is 15.8. The first-order valence-electron chi connectivity index (χ1n) is 7.68. The van der Waals surface area contributed by atoms with Crippen LogP contribution in [0.3, 0.4) is 0 Å². The second-order valence-electron chi connectivity index (χ2n) is 7.44. The van der Waals surface area contributed by atoms with Crippen molar-refractivity contribution < 1.29 is 14.7 Å². The Balaban J connectivity index is 1.99. The van der Waals surface area contributed by atoms with Crippen LogP contribution in [-0.4, -0.2) is 64.7 Å². The fourth-order valence-corrected chi connectivity index (χ4v) is 3.60. The van der Waals surface area contributed by atoms with Gasteiger partial charge >= 0.3 is 6.09 Å². The highest BCUT2D eigenvalue weighted by Crippen LogP contribution is 2.39. The van der Waals surface area contributed by atoms with Crippen LogP contribution in [0.1, 0.15) is 40.5 Å². The van der Waals surface area contributed by atoms with E-state index < -0.39 is 17.7 Å². The van der Waals surface area contributed by atoms with Crippen molar-refractivity contribution in [1.82, 2.24) is 15.1 Å². The van der Waals surface area contributed by atoms with Gasteiger partial charge < -0.3 is 15.3 Å². The molecule has 120 valence electrons. The lowest BCUT2D eigenvalue weighted by Gasteiger charge is -2.53. The maximum atomic E-state index is 12.5. The molecule has 2 amide bonds. The molecule has 2 heterocycles. The number of hydrogen-bond acceptors (Lipinski definition) is 3. The first-order chi connectivity index (χ1) is 9.66. The third kappa shape index (κ3) is 3.15. The molecule has 2 saturated heterocycles. The predicted octanol–water partition coefficient (Wildman–Crippen LogP) is 1.37. The molecule has 0 unspecified atom stereocenters. The summed E-state index contributed by atoms with van der Waals surface area (Å²) < 4.78 is 0. The number of hydrogen-bond donors (Lipinski definition) is 2. The van der Waals surface area contributed by atoms with Crippen molar-refractivity contribution in [2.24, 2.45) is 5.41 Å². The standard InChI is InChI=1S/C15H27N3O3/c1-11(18(13(20)21)14(2,3)4)12(19)17-9-15(10-17)5-7-16-8-6-15/h11,16H,5-10H2,1-4H3,(H,20,21)/t11-/m1/s1. The van der Waals surface area contributed by atoms with E-state index in [9.17, 15) is 14.7 Å². The lowest BCUT2D eigenvalue weighted by molar-refractivity contribution is -0.151. The van der Waals surface area contributed by atoms with Crippen LogP contribution < -0.4 is 5.32 Å². The number of piperidine rings is 1. The lowest BCUT2D eigenvalue weighted by atomic mass is 9.72. The first kappa shape index (κ1) is 16.1. The van der Waals surface area contributed by atoms with E-state index in [2.05, 4.69) is 5.32 Å². The molecule has 6 nitrogen and oxygen atoms in total. The fourth-order valence-electron chi connectivity index (χ4n) is 3.60. The molecule has 0 aromatic carbocycles. The summed E-state index contributed by atoms with van der Waals surface area (Å²) in [6, 6.07) is -0.637. The summed E-state index contributed by atoms with van der Waals surface area (Å²) in [5.41, 5.74) is -0.311. The highest BCUT2D eigenvalue weighted by molar-refractivity contribution is 5.86. The van der Waals surface area contributed by atoms with E-state index in [-0.39, 0.29) is 11.3 Å². The minimum absolute atomic E-state index is 0.0727. The second-order valence-corrected chi connectivity index (χ2v) is 7.44. The van der Waals surface area contributed by atoms with E-state index in [1.807, 2.05) is 25.7 Å². The summed E-state index contributed by atoms with van der Waals surface area (Å²) in [7, 11) is 0. The third-order valence-electron chi connectivity index (χ3n) is 4.70. The Morgan fingerprint density at radius 3 is 2.19 bits per heavy atom.